The molecule has 0 saturated carbocycles. The molecule has 1 N–H and O–H groups in total. The molecule has 2 rings (SSSR count). The Morgan fingerprint density at radius 2 is 2.00 bits per heavy atom. The SMILES string of the molecule is Cc1ccccc1C(O)CCN(C)Cc1ccco1. The van der Waals surface area contributed by atoms with Crippen LogP contribution in [0.1, 0.15) is 29.4 Å². The van der Waals surface area contributed by atoms with Crippen LogP contribution >= 0.6 is 0 Å². The molecule has 1 heterocycles. The number of rotatable bonds is 6. The number of aliphatic hydroxyl groups excluding tert-OH is 1. The van der Waals surface area contributed by atoms with Crippen molar-refractivity contribution in [1.82, 2.24) is 4.90 Å². The molecule has 3 heteroatoms. The highest BCUT2D eigenvalue weighted by Gasteiger charge is 2.11. The Hall–Kier alpha value is -1.58. The van der Waals surface area contributed by atoms with E-state index >= 15 is 0 Å². The summed E-state index contributed by atoms with van der Waals surface area (Å²) in [6.07, 6.45) is 2.01. The van der Waals surface area contributed by atoms with E-state index in [4.69, 9.17) is 4.42 Å². The molecule has 0 radical (unpaired) electrons. The summed E-state index contributed by atoms with van der Waals surface area (Å²) in [7, 11) is 2.03. The van der Waals surface area contributed by atoms with Gasteiger partial charge in [-0.3, -0.25) is 4.90 Å². The zero-order chi connectivity index (χ0) is 13.7. The minimum Gasteiger partial charge on any atom is -0.468 e. The van der Waals surface area contributed by atoms with E-state index < -0.39 is 6.10 Å². The highest BCUT2D eigenvalue weighted by molar-refractivity contribution is 5.27. The molecule has 1 unspecified atom stereocenters. The maximum Gasteiger partial charge on any atom is 0.117 e. The van der Waals surface area contributed by atoms with Crippen molar-refractivity contribution in [3.8, 4) is 0 Å². The topological polar surface area (TPSA) is 36.6 Å². The number of nitrogens with zero attached hydrogens (tertiary/aromatic N) is 1. The fourth-order valence-electron chi connectivity index (χ4n) is 2.21. The van der Waals surface area contributed by atoms with Gasteiger partial charge in [-0.1, -0.05) is 24.3 Å². The molecule has 0 aliphatic rings. The Morgan fingerprint density at radius 1 is 1.21 bits per heavy atom. The summed E-state index contributed by atoms with van der Waals surface area (Å²) < 4.78 is 5.31. The van der Waals surface area contributed by atoms with Crippen LogP contribution in [0.3, 0.4) is 0 Å². The first-order valence-electron chi connectivity index (χ1n) is 6.61. The molecule has 0 saturated heterocycles. The van der Waals surface area contributed by atoms with Gasteiger partial charge in [-0.05, 0) is 43.7 Å². The molecule has 0 spiro atoms. The van der Waals surface area contributed by atoms with Gasteiger partial charge in [-0.15, -0.1) is 0 Å². The lowest BCUT2D eigenvalue weighted by molar-refractivity contribution is 0.145. The molecule has 0 aliphatic heterocycles. The van der Waals surface area contributed by atoms with Gasteiger partial charge in [-0.2, -0.15) is 0 Å². The molecular formula is C16H21NO2. The lowest BCUT2D eigenvalue weighted by atomic mass is 10.0. The molecule has 2 aromatic rings. The molecular weight excluding hydrogens is 238 g/mol. The van der Waals surface area contributed by atoms with Crippen molar-refractivity contribution in [1.29, 1.82) is 0 Å². The summed E-state index contributed by atoms with van der Waals surface area (Å²) in [6, 6.07) is 11.9. The predicted molar refractivity (Wildman–Crippen MR) is 75.8 cm³/mol. The third-order valence-corrected chi connectivity index (χ3v) is 3.34. The first-order chi connectivity index (χ1) is 9.16. The van der Waals surface area contributed by atoms with Crippen LogP contribution in [0.4, 0.5) is 0 Å². The van der Waals surface area contributed by atoms with E-state index in [0.717, 1.165) is 36.4 Å². The smallest absolute Gasteiger partial charge is 0.117 e. The number of hydrogen-bond donors (Lipinski definition) is 1. The summed E-state index contributed by atoms with van der Waals surface area (Å²) in [5, 5.41) is 10.2. The van der Waals surface area contributed by atoms with Gasteiger partial charge in [0.15, 0.2) is 0 Å². The number of benzene rings is 1. The van der Waals surface area contributed by atoms with Crippen molar-refractivity contribution in [2.45, 2.75) is 26.0 Å². The Kier molecular flexibility index (Phi) is 4.77. The monoisotopic (exact) mass is 259 g/mol. The van der Waals surface area contributed by atoms with Crippen LogP contribution < -0.4 is 0 Å². The molecule has 0 fully saturated rings. The van der Waals surface area contributed by atoms with Crippen molar-refractivity contribution in [3.63, 3.8) is 0 Å². The quantitative estimate of drug-likeness (QED) is 0.865. The van der Waals surface area contributed by atoms with E-state index in [2.05, 4.69) is 4.90 Å². The van der Waals surface area contributed by atoms with E-state index in [-0.39, 0.29) is 0 Å². The molecule has 102 valence electrons. The van der Waals surface area contributed by atoms with E-state index in [1.165, 1.54) is 0 Å². The van der Waals surface area contributed by atoms with Gasteiger partial charge in [0.1, 0.15) is 5.76 Å². The second-order valence-corrected chi connectivity index (χ2v) is 4.98. The standard InChI is InChI=1S/C16H21NO2/c1-13-6-3-4-8-15(13)16(18)9-10-17(2)12-14-7-5-11-19-14/h3-8,11,16,18H,9-10,12H2,1-2H3. The summed E-state index contributed by atoms with van der Waals surface area (Å²) >= 11 is 0. The summed E-state index contributed by atoms with van der Waals surface area (Å²) in [5.41, 5.74) is 2.16. The van der Waals surface area contributed by atoms with E-state index in [1.54, 1.807) is 6.26 Å². The Morgan fingerprint density at radius 3 is 2.68 bits per heavy atom. The van der Waals surface area contributed by atoms with Crippen molar-refractivity contribution in [2.24, 2.45) is 0 Å². The third kappa shape index (κ3) is 3.94. The largest absolute Gasteiger partial charge is 0.468 e. The summed E-state index contributed by atoms with van der Waals surface area (Å²) in [4.78, 5) is 2.15. The minimum absolute atomic E-state index is 0.403. The number of aliphatic hydroxyl groups is 1. The van der Waals surface area contributed by atoms with E-state index in [1.807, 2.05) is 50.4 Å². The van der Waals surface area contributed by atoms with Gasteiger partial charge >= 0.3 is 0 Å². The second-order valence-electron chi connectivity index (χ2n) is 4.98. The number of hydrogen-bond acceptors (Lipinski definition) is 3. The maximum absolute atomic E-state index is 10.2. The zero-order valence-corrected chi connectivity index (χ0v) is 11.5. The molecule has 3 nitrogen and oxygen atoms in total. The molecule has 0 aliphatic carbocycles. The lowest BCUT2D eigenvalue weighted by Gasteiger charge is -2.19. The third-order valence-electron chi connectivity index (χ3n) is 3.34. The average molecular weight is 259 g/mol. The van der Waals surface area contributed by atoms with Crippen molar-refractivity contribution in [3.05, 3.63) is 59.5 Å². The van der Waals surface area contributed by atoms with Gasteiger partial charge in [0.2, 0.25) is 0 Å². The van der Waals surface area contributed by atoms with Crippen LogP contribution in [0.5, 0.6) is 0 Å². The molecule has 1 aromatic heterocycles. The fourth-order valence-corrected chi connectivity index (χ4v) is 2.21. The summed E-state index contributed by atoms with van der Waals surface area (Å²) in [5.74, 6) is 0.952. The summed E-state index contributed by atoms with van der Waals surface area (Å²) in [6.45, 7) is 3.63. The van der Waals surface area contributed by atoms with Crippen LogP contribution in [-0.4, -0.2) is 23.6 Å². The highest BCUT2D eigenvalue weighted by atomic mass is 16.3. The van der Waals surface area contributed by atoms with Crippen molar-refractivity contribution in [2.75, 3.05) is 13.6 Å². The van der Waals surface area contributed by atoms with Crippen LogP contribution in [0, 0.1) is 6.92 Å². The van der Waals surface area contributed by atoms with E-state index in [0.29, 0.717) is 0 Å². The normalized spacial score (nSPS) is 12.8. The zero-order valence-electron chi connectivity index (χ0n) is 11.5. The molecule has 0 bridgehead atoms. The molecule has 0 amide bonds. The van der Waals surface area contributed by atoms with Crippen molar-refractivity contribution >= 4 is 0 Å². The van der Waals surface area contributed by atoms with Gasteiger partial charge in [0.25, 0.3) is 0 Å². The molecule has 19 heavy (non-hydrogen) atoms. The first-order valence-corrected chi connectivity index (χ1v) is 6.61. The van der Waals surface area contributed by atoms with E-state index in [9.17, 15) is 5.11 Å². The Balaban J connectivity index is 1.83. The van der Waals surface area contributed by atoms with Crippen LogP contribution in [0.2, 0.25) is 0 Å². The van der Waals surface area contributed by atoms with Crippen LogP contribution in [-0.2, 0) is 6.54 Å². The first kappa shape index (κ1) is 13.8. The minimum atomic E-state index is -0.403. The van der Waals surface area contributed by atoms with Gasteiger partial charge < -0.3 is 9.52 Å². The number of aryl methyl sites for hydroxylation is 1. The highest BCUT2D eigenvalue weighted by Crippen LogP contribution is 2.20. The average Bonchev–Trinajstić information content (AvgIpc) is 2.89. The van der Waals surface area contributed by atoms with Gasteiger partial charge in [0, 0.05) is 6.54 Å². The molecule has 1 aromatic carbocycles. The maximum atomic E-state index is 10.2. The van der Waals surface area contributed by atoms with Crippen LogP contribution in [0.15, 0.2) is 47.1 Å². The second kappa shape index (κ2) is 6.55. The number of furan rings is 1. The van der Waals surface area contributed by atoms with Crippen molar-refractivity contribution < 1.29 is 9.52 Å². The molecule has 1 atom stereocenters. The Labute approximate surface area is 114 Å². The Bertz CT molecular complexity index is 493. The van der Waals surface area contributed by atoms with Gasteiger partial charge in [-0.25, -0.2) is 0 Å². The lowest BCUT2D eigenvalue weighted by Crippen LogP contribution is -2.20. The van der Waals surface area contributed by atoms with Gasteiger partial charge in [0.05, 0.1) is 18.9 Å². The predicted octanol–water partition coefficient (Wildman–Crippen LogP) is 3.14. The fraction of sp³-hybridized carbons (Fsp3) is 0.375. The van der Waals surface area contributed by atoms with Crippen LogP contribution in [0.25, 0.3) is 0 Å².